The number of carbonyl (C=O) groups is 3. The Morgan fingerprint density at radius 1 is 0.848 bits per heavy atom. The average molecular weight is 450 g/mol. The number of amides is 2. The first-order valence-corrected chi connectivity index (χ1v) is 10.4. The molecule has 0 spiro atoms. The molecule has 2 heterocycles. The summed E-state index contributed by atoms with van der Waals surface area (Å²) < 4.78 is 21.9. The number of fused-ring (bicyclic) bond motifs is 1. The van der Waals surface area contributed by atoms with Crippen molar-refractivity contribution in [3.8, 4) is 17.2 Å². The van der Waals surface area contributed by atoms with Crippen molar-refractivity contribution in [2.24, 2.45) is 0 Å². The Morgan fingerprint density at radius 2 is 1.64 bits per heavy atom. The zero-order valence-electron chi connectivity index (χ0n) is 17.7. The number of para-hydroxylation sites is 1. The molecule has 2 aromatic carbocycles. The fourth-order valence-electron chi connectivity index (χ4n) is 3.09. The summed E-state index contributed by atoms with van der Waals surface area (Å²) in [5, 5.41) is 0. The van der Waals surface area contributed by atoms with Crippen LogP contribution in [0, 0.1) is 0 Å². The summed E-state index contributed by atoms with van der Waals surface area (Å²) in [4.78, 5) is 36.6. The lowest BCUT2D eigenvalue weighted by atomic mass is 10.1. The number of Topliss-reactive ketones (excluding diaryl/α,β-unsaturated/α-hetero) is 1. The minimum absolute atomic E-state index is 0.0225. The molecule has 0 unspecified atom stereocenters. The molecule has 0 fully saturated rings. The standard InChI is InChI=1S/C24H22N2O7/c27-19(16-6-9-20-22(14-16)31-13-12-30-20)8-11-23(28)25-26-24(29)21-10-7-18(33-21)15-32-17-4-2-1-3-5-17/h1-7,9-10,14H,8,11-13,15H2,(H,25,28)(H,26,29). The van der Waals surface area contributed by atoms with Crippen molar-refractivity contribution in [2.75, 3.05) is 13.2 Å². The molecule has 0 saturated heterocycles. The van der Waals surface area contributed by atoms with Crippen LogP contribution in [0.2, 0.25) is 0 Å². The largest absolute Gasteiger partial charge is 0.486 e. The van der Waals surface area contributed by atoms with Crippen molar-refractivity contribution < 1.29 is 33.0 Å². The van der Waals surface area contributed by atoms with Gasteiger partial charge in [0.25, 0.3) is 0 Å². The van der Waals surface area contributed by atoms with Crippen LogP contribution in [0.3, 0.4) is 0 Å². The fraction of sp³-hybridized carbons (Fsp3) is 0.208. The summed E-state index contributed by atoms with van der Waals surface area (Å²) in [5.41, 5.74) is 4.98. The van der Waals surface area contributed by atoms with Gasteiger partial charge in [0.15, 0.2) is 23.0 Å². The second-order valence-corrected chi connectivity index (χ2v) is 7.15. The number of rotatable bonds is 8. The Hall–Kier alpha value is -4.27. The van der Waals surface area contributed by atoms with E-state index in [1.807, 2.05) is 30.3 Å². The third-order valence-electron chi connectivity index (χ3n) is 4.77. The van der Waals surface area contributed by atoms with Gasteiger partial charge in [0.1, 0.15) is 31.3 Å². The highest BCUT2D eigenvalue weighted by atomic mass is 16.6. The molecular weight excluding hydrogens is 428 g/mol. The summed E-state index contributed by atoms with van der Waals surface area (Å²) in [6, 6.07) is 17.2. The van der Waals surface area contributed by atoms with Crippen LogP contribution in [0.1, 0.15) is 39.5 Å². The maximum atomic E-state index is 12.4. The predicted molar refractivity (Wildman–Crippen MR) is 116 cm³/mol. The summed E-state index contributed by atoms with van der Waals surface area (Å²) in [6.07, 6.45) is -0.120. The average Bonchev–Trinajstić information content (AvgIpc) is 3.34. The first-order chi connectivity index (χ1) is 16.1. The normalized spacial score (nSPS) is 12.0. The third kappa shape index (κ3) is 5.91. The fourth-order valence-corrected chi connectivity index (χ4v) is 3.09. The maximum Gasteiger partial charge on any atom is 0.305 e. The Labute approximate surface area is 189 Å². The Balaban J connectivity index is 1.20. The van der Waals surface area contributed by atoms with Crippen molar-refractivity contribution >= 4 is 17.6 Å². The van der Waals surface area contributed by atoms with Gasteiger partial charge in [0.05, 0.1) is 0 Å². The van der Waals surface area contributed by atoms with Gasteiger partial charge in [0, 0.05) is 18.4 Å². The number of hydrogen-bond acceptors (Lipinski definition) is 7. The molecule has 33 heavy (non-hydrogen) atoms. The van der Waals surface area contributed by atoms with E-state index < -0.39 is 11.8 Å². The molecule has 1 aliphatic rings. The van der Waals surface area contributed by atoms with Gasteiger partial charge < -0.3 is 18.6 Å². The highest BCUT2D eigenvalue weighted by Crippen LogP contribution is 2.31. The molecule has 2 N–H and O–H groups in total. The Kier molecular flexibility index (Phi) is 6.89. The second-order valence-electron chi connectivity index (χ2n) is 7.15. The lowest BCUT2D eigenvalue weighted by Crippen LogP contribution is -2.41. The molecule has 2 amide bonds. The molecule has 3 aromatic rings. The van der Waals surface area contributed by atoms with Gasteiger partial charge in [0.2, 0.25) is 5.91 Å². The van der Waals surface area contributed by atoms with Gasteiger partial charge in [-0.05, 0) is 42.5 Å². The lowest BCUT2D eigenvalue weighted by molar-refractivity contribution is -0.121. The van der Waals surface area contributed by atoms with E-state index in [1.54, 1.807) is 24.3 Å². The van der Waals surface area contributed by atoms with Gasteiger partial charge in [-0.3, -0.25) is 25.2 Å². The minimum Gasteiger partial charge on any atom is -0.486 e. The number of carbonyl (C=O) groups excluding carboxylic acids is 3. The quantitative estimate of drug-likeness (QED) is 0.400. The molecule has 4 rings (SSSR count). The van der Waals surface area contributed by atoms with Crippen molar-refractivity contribution in [2.45, 2.75) is 19.4 Å². The van der Waals surface area contributed by atoms with Gasteiger partial charge in [-0.1, -0.05) is 18.2 Å². The molecule has 9 heteroatoms. The highest BCUT2D eigenvalue weighted by molar-refractivity contribution is 5.99. The first kappa shape index (κ1) is 21.9. The summed E-state index contributed by atoms with van der Waals surface area (Å²) in [5.74, 6) is 0.915. The van der Waals surface area contributed by atoms with Crippen molar-refractivity contribution in [1.29, 1.82) is 0 Å². The van der Waals surface area contributed by atoms with E-state index in [0.717, 1.165) is 0 Å². The topological polar surface area (TPSA) is 116 Å². The van der Waals surface area contributed by atoms with E-state index in [-0.39, 0.29) is 31.0 Å². The molecule has 170 valence electrons. The summed E-state index contributed by atoms with van der Waals surface area (Å²) in [6.45, 7) is 1.04. The van der Waals surface area contributed by atoms with Crippen LogP contribution in [0.5, 0.6) is 17.2 Å². The SMILES string of the molecule is O=C(CCC(=O)c1ccc2c(c1)OCCO2)NNC(=O)c1ccc(COc2ccccc2)o1. The number of benzene rings is 2. The maximum absolute atomic E-state index is 12.4. The van der Waals surface area contributed by atoms with Crippen LogP contribution in [-0.4, -0.2) is 30.8 Å². The third-order valence-corrected chi connectivity index (χ3v) is 4.77. The van der Waals surface area contributed by atoms with Crippen LogP contribution < -0.4 is 25.1 Å². The van der Waals surface area contributed by atoms with Crippen molar-refractivity contribution in [1.82, 2.24) is 10.9 Å². The van der Waals surface area contributed by atoms with Crippen LogP contribution >= 0.6 is 0 Å². The first-order valence-electron chi connectivity index (χ1n) is 10.4. The number of nitrogens with one attached hydrogen (secondary N) is 2. The molecule has 9 nitrogen and oxygen atoms in total. The minimum atomic E-state index is -0.618. The Morgan fingerprint density at radius 3 is 2.45 bits per heavy atom. The highest BCUT2D eigenvalue weighted by Gasteiger charge is 2.17. The molecule has 0 aliphatic carbocycles. The smallest absolute Gasteiger partial charge is 0.305 e. The van der Waals surface area contributed by atoms with Crippen molar-refractivity contribution in [3.63, 3.8) is 0 Å². The van der Waals surface area contributed by atoms with Gasteiger partial charge in [-0.2, -0.15) is 0 Å². The Bertz CT molecular complexity index is 1140. The molecule has 1 aromatic heterocycles. The molecule has 0 saturated carbocycles. The van der Waals surface area contributed by atoms with E-state index in [4.69, 9.17) is 18.6 Å². The van der Waals surface area contributed by atoms with Gasteiger partial charge >= 0.3 is 5.91 Å². The van der Waals surface area contributed by atoms with E-state index >= 15 is 0 Å². The summed E-state index contributed by atoms with van der Waals surface area (Å²) in [7, 11) is 0. The second kappa shape index (κ2) is 10.4. The monoisotopic (exact) mass is 450 g/mol. The molecule has 0 atom stereocenters. The van der Waals surface area contributed by atoms with Crippen LogP contribution in [0.4, 0.5) is 0 Å². The van der Waals surface area contributed by atoms with E-state index in [2.05, 4.69) is 10.9 Å². The lowest BCUT2D eigenvalue weighted by Gasteiger charge is -2.18. The zero-order chi connectivity index (χ0) is 23.0. The van der Waals surface area contributed by atoms with E-state index in [0.29, 0.717) is 41.8 Å². The number of hydrogen-bond donors (Lipinski definition) is 2. The van der Waals surface area contributed by atoms with Gasteiger partial charge in [-0.25, -0.2) is 0 Å². The molecule has 0 bridgehead atoms. The van der Waals surface area contributed by atoms with Crippen molar-refractivity contribution in [3.05, 3.63) is 77.7 Å². The number of furan rings is 1. The van der Waals surface area contributed by atoms with Gasteiger partial charge in [-0.15, -0.1) is 0 Å². The van der Waals surface area contributed by atoms with Crippen LogP contribution in [0.25, 0.3) is 0 Å². The predicted octanol–water partition coefficient (Wildman–Crippen LogP) is 3.05. The summed E-state index contributed by atoms with van der Waals surface area (Å²) >= 11 is 0. The van der Waals surface area contributed by atoms with Crippen LogP contribution in [0.15, 0.2) is 65.1 Å². The number of ketones is 1. The van der Waals surface area contributed by atoms with E-state index in [9.17, 15) is 14.4 Å². The van der Waals surface area contributed by atoms with Crippen LogP contribution in [-0.2, 0) is 11.4 Å². The molecule has 0 radical (unpaired) electrons. The molecule has 1 aliphatic heterocycles. The molecular formula is C24H22N2O7. The van der Waals surface area contributed by atoms with E-state index in [1.165, 1.54) is 6.07 Å². The number of ether oxygens (including phenoxy) is 3. The zero-order valence-corrected chi connectivity index (χ0v) is 17.7. The number of hydrazine groups is 1.